The summed E-state index contributed by atoms with van der Waals surface area (Å²) in [6, 6.07) is 0. The second-order valence-corrected chi connectivity index (χ2v) is 10.1. The van der Waals surface area contributed by atoms with Gasteiger partial charge >= 0.3 is 33.3 Å². The molecule has 7 unspecified atom stereocenters. The Morgan fingerprint density at radius 2 is 2.04 bits per heavy atom. The minimum Gasteiger partial charge on any atom is -0.458 e. The highest BCUT2D eigenvalue weighted by atomic mass is 127. The highest BCUT2D eigenvalue weighted by Crippen LogP contribution is 2.59. The van der Waals surface area contributed by atoms with Gasteiger partial charge in [-0.2, -0.15) is 17.2 Å². The van der Waals surface area contributed by atoms with Gasteiger partial charge in [-0.25, -0.2) is 0 Å². The maximum absolute atomic E-state index is 13.3. The second-order valence-electron chi connectivity index (χ2n) is 7.01. The van der Waals surface area contributed by atoms with Gasteiger partial charge in [-0.05, 0) is 12.8 Å². The molecule has 0 aromatic carbocycles. The van der Waals surface area contributed by atoms with Gasteiger partial charge in [-0.15, -0.1) is 0 Å². The fourth-order valence-corrected chi connectivity index (χ4v) is 4.52. The second kappa shape index (κ2) is 7.31. The first-order chi connectivity index (χ1) is 12.9. The molecule has 2 saturated carbocycles. The third kappa shape index (κ3) is 3.49. The summed E-state index contributed by atoms with van der Waals surface area (Å²) in [4.78, 5) is 36.6. The molecule has 158 valence electrons. The van der Waals surface area contributed by atoms with Gasteiger partial charge in [-0.1, -0.05) is 29.5 Å². The Labute approximate surface area is 172 Å². The lowest BCUT2D eigenvalue weighted by molar-refractivity contribution is -0.167. The van der Waals surface area contributed by atoms with Crippen molar-refractivity contribution in [1.82, 2.24) is 0 Å². The van der Waals surface area contributed by atoms with Crippen molar-refractivity contribution >= 4 is 50.6 Å². The predicted molar refractivity (Wildman–Crippen MR) is 93.9 cm³/mol. The van der Waals surface area contributed by atoms with Crippen molar-refractivity contribution in [3.8, 4) is 0 Å². The SMILES string of the molecule is CCC(I)C(=O)OC1C2CC3C1OC(=O)C3C2C(=O)OCC(F)(F)S(=O)(=O)O. The number of fused-ring (bicyclic) bond motifs is 1. The largest absolute Gasteiger partial charge is 0.458 e. The molecule has 0 amide bonds. The van der Waals surface area contributed by atoms with Crippen LogP contribution in [0.5, 0.6) is 0 Å². The number of alkyl halides is 3. The van der Waals surface area contributed by atoms with Crippen molar-refractivity contribution in [1.29, 1.82) is 0 Å². The van der Waals surface area contributed by atoms with Gasteiger partial charge in [0.2, 0.25) is 0 Å². The van der Waals surface area contributed by atoms with Crippen LogP contribution in [0.25, 0.3) is 0 Å². The summed E-state index contributed by atoms with van der Waals surface area (Å²) in [6.07, 6.45) is -0.784. The number of carbonyl (C=O) groups excluding carboxylic acids is 3. The molecule has 1 heterocycles. The van der Waals surface area contributed by atoms with E-state index in [4.69, 9.17) is 14.0 Å². The van der Waals surface area contributed by atoms with Crippen LogP contribution in [0.2, 0.25) is 0 Å². The van der Waals surface area contributed by atoms with E-state index in [2.05, 4.69) is 4.74 Å². The summed E-state index contributed by atoms with van der Waals surface area (Å²) in [5, 5.41) is -4.68. The number of hydrogen-bond donors (Lipinski definition) is 1. The van der Waals surface area contributed by atoms with Crippen LogP contribution in [0.4, 0.5) is 8.78 Å². The van der Waals surface area contributed by atoms with Gasteiger partial charge in [-0.3, -0.25) is 18.9 Å². The predicted octanol–water partition coefficient (Wildman–Crippen LogP) is 0.943. The van der Waals surface area contributed by atoms with E-state index < -0.39 is 79.7 Å². The van der Waals surface area contributed by atoms with E-state index >= 15 is 0 Å². The molecule has 7 atom stereocenters. The van der Waals surface area contributed by atoms with Crippen LogP contribution in [0, 0.1) is 23.7 Å². The zero-order valence-corrected chi connectivity index (χ0v) is 17.4. The van der Waals surface area contributed by atoms with Crippen molar-refractivity contribution < 1.29 is 50.3 Å². The molecule has 3 rings (SSSR count). The van der Waals surface area contributed by atoms with Crippen molar-refractivity contribution in [2.45, 2.75) is 41.2 Å². The van der Waals surface area contributed by atoms with Crippen molar-refractivity contribution in [3.63, 3.8) is 0 Å². The Morgan fingerprint density at radius 3 is 2.61 bits per heavy atom. The Hall–Kier alpha value is -1.09. The summed E-state index contributed by atoms with van der Waals surface area (Å²) < 4.78 is 71.1. The fraction of sp³-hybridized carbons (Fsp3) is 0.800. The van der Waals surface area contributed by atoms with E-state index in [1.807, 2.05) is 22.6 Å². The Kier molecular flexibility index (Phi) is 5.64. The summed E-state index contributed by atoms with van der Waals surface area (Å²) in [6.45, 7) is -0.111. The number of halogens is 3. The molecule has 0 spiro atoms. The first-order valence-electron chi connectivity index (χ1n) is 8.45. The summed E-state index contributed by atoms with van der Waals surface area (Å²) in [7, 11) is -5.77. The van der Waals surface area contributed by atoms with E-state index in [1.165, 1.54) is 0 Å². The molecule has 2 aliphatic carbocycles. The summed E-state index contributed by atoms with van der Waals surface area (Å²) >= 11 is 1.89. The molecule has 1 saturated heterocycles. The average molecular weight is 538 g/mol. The first kappa shape index (κ1) is 21.6. The third-order valence-electron chi connectivity index (χ3n) is 5.44. The number of esters is 3. The maximum Gasteiger partial charge on any atom is 0.402 e. The number of hydrogen-bond acceptors (Lipinski definition) is 8. The van der Waals surface area contributed by atoms with Crippen molar-refractivity contribution in [3.05, 3.63) is 0 Å². The van der Waals surface area contributed by atoms with E-state index in [1.54, 1.807) is 6.92 Å². The lowest BCUT2D eigenvalue weighted by Gasteiger charge is -2.30. The molecule has 9 nitrogen and oxygen atoms in total. The molecule has 1 aliphatic heterocycles. The molecular weight excluding hydrogens is 521 g/mol. The minimum absolute atomic E-state index is 0.311. The Balaban J connectivity index is 1.75. The van der Waals surface area contributed by atoms with Crippen LogP contribution in [0.3, 0.4) is 0 Å². The molecule has 2 bridgehead atoms. The van der Waals surface area contributed by atoms with E-state index in [0.717, 1.165) is 0 Å². The summed E-state index contributed by atoms with van der Waals surface area (Å²) in [5.41, 5.74) is 0. The topological polar surface area (TPSA) is 133 Å². The minimum atomic E-state index is -5.77. The molecule has 1 N–H and O–H groups in total. The quantitative estimate of drug-likeness (QED) is 0.165. The van der Waals surface area contributed by atoms with E-state index in [9.17, 15) is 31.6 Å². The molecule has 28 heavy (non-hydrogen) atoms. The maximum atomic E-state index is 13.3. The van der Waals surface area contributed by atoms with Gasteiger partial charge in [0.05, 0.1) is 11.8 Å². The summed E-state index contributed by atoms with van der Waals surface area (Å²) in [5.74, 6) is -5.65. The van der Waals surface area contributed by atoms with Crippen LogP contribution < -0.4 is 0 Å². The lowest BCUT2D eigenvalue weighted by Crippen LogP contribution is -2.45. The third-order valence-corrected chi connectivity index (χ3v) is 7.71. The smallest absolute Gasteiger partial charge is 0.402 e. The normalized spacial score (nSPS) is 34.8. The van der Waals surface area contributed by atoms with Gasteiger partial charge in [0, 0.05) is 11.8 Å². The molecule has 0 aromatic heterocycles. The van der Waals surface area contributed by atoms with Gasteiger partial charge < -0.3 is 14.2 Å². The highest BCUT2D eigenvalue weighted by molar-refractivity contribution is 14.1. The van der Waals surface area contributed by atoms with Crippen molar-refractivity contribution in [2.24, 2.45) is 23.7 Å². The Bertz CT molecular complexity index is 801. The number of carbonyl (C=O) groups is 3. The average Bonchev–Trinajstić information content (AvgIpc) is 3.21. The van der Waals surface area contributed by atoms with Crippen molar-refractivity contribution in [2.75, 3.05) is 6.61 Å². The zero-order chi connectivity index (χ0) is 21.0. The van der Waals surface area contributed by atoms with Crippen LogP contribution in [-0.2, 0) is 38.7 Å². The molecule has 13 heteroatoms. The fourth-order valence-electron chi connectivity index (χ4n) is 4.17. The number of ether oxygens (including phenoxy) is 3. The number of rotatable bonds is 7. The van der Waals surface area contributed by atoms with Gasteiger partial charge in [0.15, 0.2) is 6.61 Å². The van der Waals surface area contributed by atoms with E-state index in [0.29, 0.717) is 12.8 Å². The Morgan fingerprint density at radius 1 is 1.39 bits per heavy atom. The zero-order valence-electron chi connectivity index (χ0n) is 14.4. The van der Waals surface area contributed by atoms with Gasteiger partial charge in [0.25, 0.3) is 0 Å². The molecular formula is C15H17F2IO9S. The molecule has 3 fully saturated rings. The molecule has 0 radical (unpaired) electrons. The highest BCUT2D eigenvalue weighted by Gasteiger charge is 2.70. The van der Waals surface area contributed by atoms with Crippen LogP contribution in [0.1, 0.15) is 19.8 Å². The lowest BCUT2D eigenvalue weighted by atomic mass is 9.78. The van der Waals surface area contributed by atoms with E-state index in [-0.39, 0.29) is 0 Å². The molecule has 0 aromatic rings. The monoisotopic (exact) mass is 538 g/mol. The standard InChI is InChI=1S/C15H17F2IO9S/c1-2-7(18)12(19)26-10-5-3-6-9(14(21)27-11(6)10)8(5)13(20)25-4-15(16,17)28(22,23)24/h5-11H,2-4H2,1H3,(H,22,23,24). The van der Waals surface area contributed by atoms with Gasteiger partial charge in [0.1, 0.15) is 16.1 Å². The van der Waals surface area contributed by atoms with Crippen LogP contribution in [-0.4, -0.2) is 58.9 Å². The van der Waals surface area contributed by atoms with Crippen LogP contribution in [0.15, 0.2) is 0 Å². The first-order valence-corrected chi connectivity index (χ1v) is 11.1. The molecule has 3 aliphatic rings. The van der Waals surface area contributed by atoms with Crippen LogP contribution >= 0.6 is 22.6 Å².